The van der Waals surface area contributed by atoms with Crippen LogP contribution in [0, 0.1) is 0 Å². The summed E-state index contributed by atoms with van der Waals surface area (Å²) in [6.07, 6.45) is 1.80. The zero-order chi connectivity index (χ0) is 15.4. The van der Waals surface area contributed by atoms with E-state index in [1.165, 1.54) is 0 Å². The zero-order valence-corrected chi connectivity index (χ0v) is 12.3. The summed E-state index contributed by atoms with van der Waals surface area (Å²) in [6.45, 7) is 0.230. The van der Waals surface area contributed by atoms with E-state index in [4.69, 9.17) is 21.1 Å². The van der Waals surface area contributed by atoms with E-state index < -0.39 is 0 Å². The second-order valence-corrected chi connectivity index (χ2v) is 5.15. The van der Waals surface area contributed by atoms with Crippen molar-refractivity contribution in [3.05, 3.63) is 58.6 Å². The molecule has 1 N–H and O–H groups in total. The number of fused-ring (bicyclic) bond motifs is 1. The molecule has 0 radical (unpaired) electrons. The second-order valence-electron chi connectivity index (χ2n) is 4.71. The van der Waals surface area contributed by atoms with Crippen LogP contribution < -0.4 is 14.9 Å². The third-order valence-electron chi connectivity index (χ3n) is 3.08. The summed E-state index contributed by atoms with van der Waals surface area (Å²) >= 11 is 5.80. The van der Waals surface area contributed by atoms with Crippen LogP contribution in [0.3, 0.4) is 0 Å². The molecule has 1 aliphatic heterocycles. The summed E-state index contributed by atoms with van der Waals surface area (Å²) in [5.41, 5.74) is 4.18. The zero-order valence-electron chi connectivity index (χ0n) is 11.6. The minimum Gasteiger partial charge on any atom is -0.454 e. The summed E-state index contributed by atoms with van der Waals surface area (Å²) in [5, 5.41) is 4.58. The van der Waals surface area contributed by atoms with Crippen molar-refractivity contribution in [3.63, 3.8) is 0 Å². The number of benzene rings is 2. The van der Waals surface area contributed by atoms with E-state index in [1.807, 2.05) is 18.2 Å². The molecule has 3 rings (SSSR count). The maximum Gasteiger partial charge on any atom is 0.244 e. The van der Waals surface area contributed by atoms with Gasteiger partial charge in [0.05, 0.1) is 12.6 Å². The number of carbonyl (C=O) groups is 1. The molecule has 112 valence electrons. The summed E-state index contributed by atoms with van der Waals surface area (Å²) in [5.74, 6) is 1.19. The normalized spacial score (nSPS) is 12.6. The molecule has 6 heteroatoms. The smallest absolute Gasteiger partial charge is 0.244 e. The molecule has 1 amide bonds. The van der Waals surface area contributed by atoms with Crippen LogP contribution in [0.15, 0.2) is 47.6 Å². The van der Waals surface area contributed by atoms with Gasteiger partial charge in [0.2, 0.25) is 12.7 Å². The molecule has 1 aliphatic rings. The maximum absolute atomic E-state index is 11.8. The summed E-state index contributed by atoms with van der Waals surface area (Å²) in [4.78, 5) is 11.8. The number of carbonyl (C=O) groups excluding carboxylic acids is 1. The number of hydrogen-bond donors (Lipinski definition) is 1. The second kappa shape index (κ2) is 6.49. The number of ether oxygens (including phenoxy) is 2. The van der Waals surface area contributed by atoms with Gasteiger partial charge < -0.3 is 9.47 Å². The van der Waals surface area contributed by atoms with Crippen LogP contribution >= 0.6 is 11.6 Å². The fourth-order valence-corrected chi connectivity index (χ4v) is 2.13. The van der Waals surface area contributed by atoms with Crippen molar-refractivity contribution in [2.24, 2.45) is 5.10 Å². The number of nitrogens with one attached hydrogen (secondary N) is 1. The highest BCUT2D eigenvalue weighted by Gasteiger charge is 2.12. The molecule has 0 fully saturated rings. The van der Waals surface area contributed by atoms with Gasteiger partial charge >= 0.3 is 0 Å². The molecular weight excluding hydrogens is 304 g/mol. The molecule has 0 aromatic heterocycles. The Morgan fingerprint density at radius 1 is 1.18 bits per heavy atom. The third kappa shape index (κ3) is 3.56. The summed E-state index contributed by atoms with van der Waals surface area (Å²) < 4.78 is 10.5. The molecule has 0 saturated carbocycles. The average molecular weight is 317 g/mol. The highest BCUT2D eigenvalue weighted by molar-refractivity contribution is 6.30. The van der Waals surface area contributed by atoms with Crippen molar-refractivity contribution in [2.75, 3.05) is 6.79 Å². The first kappa shape index (κ1) is 14.4. The number of rotatable bonds is 4. The SMILES string of the molecule is O=C(Cc1ccc(Cl)cc1)N/N=C/c1ccc2c(c1)OCO2. The summed E-state index contributed by atoms with van der Waals surface area (Å²) in [7, 11) is 0. The van der Waals surface area contributed by atoms with Crippen molar-refractivity contribution in [1.29, 1.82) is 0 Å². The molecule has 0 atom stereocenters. The van der Waals surface area contributed by atoms with E-state index in [1.54, 1.807) is 30.5 Å². The van der Waals surface area contributed by atoms with Gasteiger partial charge in [-0.2, -0.15) is 5.10 Å². The lowest BCUT2D eigenvalue weighted by Crippen LogP contribution is -2.19. The van der Waals surface area contributed by atoms with Gasteiger partial charge in [-0.15, -0.1) is 0 Å². The van der Waals surface area contributed by atoms with E-state index in [9.17, 15) is 4.79 Å². The standard InChI is InChI=1S/C16H13ClN2O3/c17-13-4-1-11(2-5-13)8-16(20)19-18-9-12-3-6-14-15(7-12)22-10-21-14/h1-7,9H,8,10H2,(H,19,20)/b18-9+. The fraction of sp³-hybridized carbons (Fsp3) is 0.125. The van der Waals surface area contributed by atoms with Crippen LogP contribution in [-0.4, -0.2) is 18.9 Å². The number of halogens is 1. The van der Waals surface area contributed by atoms with Crippen molar-refractivity contribution < 1.29 is 14.3 Å². The Labute approximate surface area is 132 Å². The lowest BCUT2D eigenvalue weighted by Gasteiger charge is -2.01. The minimum absolute atomic E-state index is 0.195. The molecule has 2 aromatic rings. The van der Waals surface area contributed by atoms with Gasteiger partial charge in [0.1, 0.15) is 0 Å². The van der Waals surface area contributed by atoms with Gasteiger partial charge in [-0.1, -0.05) is 23.7 Å². The first-order valence-electron chi connectivity index (χ1n) is 6.67. The molecule has 5 nitrogen and oxygen atoms in total. The third-order valence-corrected chi connectivity index (χ3v) is 3.33. The lowest BCUT2D eigenvalue weighted by atomic mass is 10.1. The first-order chi connectivity index (χ1) is 10.7. The average Bonchev–Trinajstić information content (AvgIpc) is 2.97. The van der Waals surface area contributed by atoms with Crippen LogP contribution in [0.4, 0.5) is 0 Å². The van der Waals surface area contributed by atoms with E-state index in [-0.39, 0.29) is 19.1 Å². The summed E-state index contributed by atoms with van der Waals surface area (Å²) in [6, 6.07) is 12.6. The Kier molecular flexibility index (Phi) is 4.25. The van der Waals surface area contributed by atoms with Crippen LogP contribution in [0.1, 0.15) is 11.1 Å². The van der Waals surface area contributed by atoms with Crippen molar-refractivity contribution in [3.8, 4) is 11.5 Å². The Hall–Kier alpha value is -2.53. The van der Waals surface area contributed by atoms with Gasteiger partial charge in [-0.05, 0) is 41.5 Å². The molecular formula is C16H13ClN2O3. The van der Waals surface area contributed by atoms with E-state index in [0.717, 1.165) is 11.1 Å². The maximum atomic E-state index is 11.8. The molecule has 0 bridgehead atoms. The van der Waals surface area contributed by atoms with E-state index >= 15 is 0 Å². The molecule has 0 saturated heterocycles. The predicted molar refractivity (Wildman–Crippen MR) is 83.5 cm³/mol. The Bertz CT molecular complexity index is 714. The number of nitrogens with zero attached hydrogens (tertiary/aromatic N) is 1. The highest BCUT2D eigenvalue weighted by Crippen LogP contribution is 2.31. The number of hydrazone groups is 1. The van der Waals surface area contributed by atoms with Crippen LogP contribution in [0.25, 0.3) is 0 Å². The van der Waals surface area contributed by atoms with Crippen LogP contribution in [-0.2, 0) is 11.2 Å². The predicted octanol–water partition coefficient (Wildman–Crippen LogP) is 2.76. The van der Waals surface area contributed by atoms with Gasteiger partial charge in [0, 0.05) is 5.02 Å². The van der Waals surface area contributed by atoms with E-state index in [2.05, 4.69) is 10.5 Å². The van der Waals surface area contributed by atoms with Crippen LogP contribution in [0.2, 0.25) is 5.02 Å². The van der Waals surface area contributed by atoms with Crippen LogP contribution in [0.5, 0.6) is 11.5 Å². The minimum atomic E-state index is -0.195. The largest absolute Gasteiger partial charge is 0.454 e. The molecule has 22 heavy (non-hydrogen) atoms. The molecule has 0 unspecified atom stereocenters. The van der Waals surface area contributed by atoms with Gasteiger partial charge in [-0.3, -0.25) is 4.79 Å². The molecule has 0 spiro atoms. The number of hydrogen-bond acceptors (Lipinski definition) is 4. The monoisotopic (exact) mass is 316 g/mol. The van der Waals surface area contributed by atoms with Crippen molar-refractivity contribution in [1.82, 2.24) is 5.43 Å². The number of amides is 1. The fourth-order valence-electron chi connectivity index (χ4n) is 2.00. The Morgan fingerprint density at radius 2 is 1.95 bits per heavy atom. The first-order valence-corrected chi connectivity index (χ1v) is 7.04. The van der Waals surface area contributed by atoms with Crippen molar-refractivity contribution >= 4 is 23.7 Å². The van der Waals surface area contributed by atoms with Gasteiger partial charge in [0.15, 0.2) is 11.5 Å². The van der Waals surface area contributed by atoms with Gasteiger partial charge in [0.25, 0.3) is 0 Å². The Balaban J connectivity index is 1.55. The van der Waals surface area contributed by atoms with Gasteiger partial charge in [-0.25, -0.2) is 5.43 Å². The topological polar surface area (TPSA) is 59.9 Å². The quantitative estimate of drug-likeness (QED) is 0.697. The lowest BCUT2D eigenvalue weighted by molar-refractivity contribution is -0.120. The Morgan fingerprint density at radius 3 is 2.77 bits per heavy atom. The van der Waals surface area contributed by atoms with E-state index in [0.29, 0.717) is 16.5 Å². The molecule has 1 heterocycles. The highest BCUT2D eigenvalue weighted by atomic mass is 35.5. The molecule has 2 aromatic carbocycles. The van der Waals surface area contributed by atoms with Crippen molar-refractivity contribution in [2.45, 2.75) is 6.42 Å². The molecule has 0 aliphatic carbocycles.